The molecule has 0 spiro atoms. The second kappa shape index (κ2) is 6.22. The van der Waals surface area contributed by atoms with Crippen molar-refractivity contribution in [3.8, 4) is 11.3 Å². The lowest BCUT2D eigenvalue weighted by molar-refractivity contribution is 0.462. The van der Waals surface area contributed by atoms with E-state index in [4.69, 9.17) is 5.73 Å². The van der Waals surface area contributed by atoms with E-state index in [1.807, 2.05) is 6.07 Å². The third-order valence-electron chi connectivity index (χ3n) is 3.46. The van der Waals surface area contributed by atoms with Crippen molar-refractivity contribution in [3.63, 3.8) is 0 Å². The summed E-state index contributed by atoms with van der Waals surface area (Å²) in [4.78, 5) is 12.3. The SMILES string of the molecule is Cc1ccc(-c2cc(CN)c(=O)n(CC(C)C)n2)c(C)c1. The van der Waals surface area contributed by atoms with Crippen LogP contribution < -0.4 is 11.3 Å². The zero-order valence-electron chi connectivity index (χ0n) is 13.2. The number of hydrogen-bond donors (Lipinski definition) is 1. The van der Waals surface area contributed by atoms with Crippen LogP contribution in [0.2, 0.25) is 0 Å². The van der Waals surface area contributed by atoms with E-state index in [-0.39, 0.29) is 12.1 Å². The van der Waals surface area contributed by atoms with Gasteiger partial charge in [0.1, 0.15) is 0 Å². The number of aryl methyl sites for hydroxylation is 2. The molecule has 0 unspecified atom stereocenters. The van der Waals surface area contributed by atoms with Gasteiger partial charge in [-0.1, -0.05) is 37.6 Å². The molecule has 4 heteroatoms. The lowest BCUT2D eigenvalue weighted by atomic mass is 10.0. The third kappa shape index (κ3) is 3.39. The van der Waals surface area contributed by atoms with E-state index in [2.05, 4.69) is 51.0 Å². The predicted molar refractivity (Wildman–Crippen MR) is 86.1 cm³/mol. The molecule has 0 fully saturated rings. The topological polar surface area (TPSA) is 60.9 Å². The van der Waals surface area contributed by atoms with Gasteiger partial charge < -0.3 is 5.73 Å². The highest BCUT2D eigenvalue weighted by Gasteiger charge is 2.11. The van der Waals surface area contributed by atoms with Crippen molar-refractivity contribution in [1.82, 2.24) is 9.78 Å². The highest BCUT2D eigenvalue weighted by Crippen LogP contribution is 2.22. The van der Waals surface area contributed by atoms with Crippen LogP contribution >= 0.6 is 0 Å². The number of aromatic nitrogens is 2. The number of hydrogen-bond acceptors (Lipinski definition) is 3. The molecule has 0 saturated heterocycles. The zero-order chi connectivity index (χ0) is 15.6. The van der Waals surface area contributed by atoms with E-state index in [1.165, 1.54) is 5.56 Å². The maximum absolute atomic E-state index is 12.3. The molecule has 0 radical (unpaired) electrons. The van der Waals surface area contributed by atoms with Crippen LogP contribution in [0.15, 0.2) is 29.1 Å². The molecule has 0 aliphatic heterocycles. The van der Waals surface area contributed by atoms with Gasteiger partial charge in [0.2, 0.25) is 0 Å². The molecule has 0 aliphatic rings. The molecule has 1 aromatic carbocycles. The van der Waals surface area contributed by atoms with E-state index in [0.717, 1.165) is 16.8 Å². The first kappa shape index (κ1) is 15.4. The minimum Gasteiger partial charge on any atom is -0.326 e. The molecule has 1 aromatic heterocycles. The summed E-state index contributed by atoms with van der Waals surface area (Å²) in [7, 11) is 0. The number of nitrogens with two attached hydrogens (primary N) is 1. The molecule has 0 saturated carbocycles. The summed E-state index contributed by atoms with van der Waals surface area (Å²) in [6, 6.07) is 8.05. The summed E-state index contributed by atoms with van der Waals surface area (Å²) in [5.74, 6) is 0.357. The minimum absolute atomic E-state index is 0.0836. The second-order valence-electron chi connectivity index (χ2n) is 5.96. The first-order valence-electron chi connectivity index (χ1n) is 7.31. The second-order valence-corrected chi connectivity index (χ2v) is 5.96. The van der Waals surface area contributed by atoms with Crippen LogP contribution in [0, 0.1) is 19.8 Å². The van der Waals surface area contributed by atoms with Crippen LogP contribution in [-0.2, 0) is 13.1 Å². The normalized spacial score (nSPS) is 11.1. The Morgan fingerprint density at radius 1 is 1.24 bits per heavy atom. The molecule has 1 heterocycles. The van der Waals surface area contributed by atoms with Gasteiger partial charge >= 0.3 is 0 Å². The fraction of sp³-hybridized carbons (Fsp3) is 0.412. The average molecular weight is 285 g/mol. The Labute approximate surface area is 125 Å². The van der Waals surface area contributed by atoms with Gasteiger partial charge in [-0.05, 0) is 31.4 Å². The molecular weight excluding hydrogens is 262 g/mol. The Kier molecular flexibility index (Phi) is 4.58. The lowest BCUT2D eigenvalue weighted by Gasteiger charge is -2.13. The Bertz CT molecular complexity index is 702. The Morgan fingerprint density at radius 3 is 2.52 bits per heavy atom. The molecule has 0 atom stereocenters. The summed E-state index contributed by atoms with van der Waals surface area (Å²) in [5, 5.41) is 4.53. The van der Waals surface area contributed by atoms with Crippen molar-refractivity contribution >= 4 is 0 Å². The van der Waals surface area contributed by atoms with Crippen LogP contribution in [0.4, 0.5) is 0 Å². The number of benzene rings is 1. The first-order valence-corrected chi connectivity index (χ1v) is 7.31. The summed E-state index contributed by atoms with van der Waals surface area (Å²) >= 11 is 0. The fourth-order valence-electron chi connectivity index (χ4n) is 2.45. The minimum atomic E-state index is -0.0836. The van der Waals surface area contributed by atoms with Gasteiger partial charge in [-0.2, -0.15) is 5.10 Å². The van der Waals surface area contributed by atoms with Crippen LogP contribution in [0.1, 0.15) is 30.5 Å². The van der Waals surface area contributed by atoms with E-state index >= 15 is 0 Å². The first-order chi connectivity index (χ1) is 9.92. The monoisotopic (exact) mass is 285 g/mol. The summed E-state index contributed by atoms with van der Waals surface area (Å²) in [5.41, 5.74) is 10.5. The molecule has 0 aliphatic carbocycles. The van der Waals surface area contributed by atoms with Gasteiger partial charge in [0.25, 0.3) is 5.56 Å². The predicted octanol–water partition coefficient (Wildman–Crippen LogP) is 2.64. The third-order valence-corrected chi connectivity index (χ3v) is 3.46. The molecule has 0 amide bonds. The van der Waals surface area contributed by atoms with Crippen molar-refractivity contribution < 1.29 is 0 Å². The lowest BCUT2D eigenvalue weighted by Crippen LogP contribution is -2.29. The van der Waals surface area contributed by atoms with E-state index in [0.29, 0.717) is 18.0 Å². The van der Waals surface area contributed by atoms with Gasteiger partial charge in [0.05, 0.1) is 5.69 Å². The van der Waals surface area contributed by atoms with Crippen molar-refractivity contribution in [3.05, 3.63) is 51.3 Å². The molecule has 4 nitrogen and oxygen atoms in total. The zero-order valence-corrected chi connectivity index (χ0v) is 13.2. The number of rotatable bonds is 4. The van der Waals surface area contributed by atoms with Gasteiger partial charge in [-0.3, -0.25) is 4.79 Å². The van der Waals surface area contributed by atoms with Crippen LogP contribution in [0.25, 0.3) is 11.3 Å². The van der Waals surface area contributed by atoms with Crippen molar-refractivity contribution in [2.24, 2.45) is 11.7 Å². The smallest absolute Gasteiger partial charge is 0.271 e. The van der Waals surface area contributed by atoms with Gasteiger partial charge in [0.15, 0.2) is 0 Å². The standard InChI is InChI=1S/C17H23N3O/c1-11(2)10-20-17(21)14(9-18)8-16(19-20)15-6-5-12(3)7-13(15)4/h5-8,11H,9-10,18H2,1-4H3. The molecular formula is C17H23N3O. The van der Waals surface area contributed by atoms with E-state index in [9.17, 15) is 4.79 Å². The molecule has 0 bridgehead atoms. The molecule has 112 valence electrons. The number of nitrogens with zero attached hydrogens (tertiary/aromatic N) is 2. The largest absolute Gasteiger partial charge is 0.326 e. The van der Waals surface area contributed by atoms with Crippen LogP contribution in [-0.4, -0.2) is 9.78 Å². The Balaban J connectivity index is 2.60. The quantitative estimate of drug-likeness (QED) is 0.939. The molecule has 21 heavy (non-hydrogen) atoms. The fourth-order valence-corrected chi connectivity index (χ4v) is 2.45. The molecule has 2 rings (SSSR count). The van der Waals surface area contributed by atoms with Crippen molar-refractivity contribution in [2.45, 2.75) is 40.8 Å². The maximum Gasteiger partial charge on any atom is 0.271 e. The Hall–Kier alpha value is -1.94. The van der Waals surface area contributed by atoms with Crippen LogP contribution in [0.5, 0.6) is 0 Å². The Morgan fingerprint density at radius 2 is 1.95 bits per heavy atom. The van der Waals surface area contributed by atoms with Gasteiger partial charge in [0, 0.05) is 24.2 Å². The van der Waals surface area contributed by atoms with E-state index < -0.39 is 0 Å². The summed E-state index contributed by atoms with van der Waals surface area (Å²) < 4.78 is 1.54. The molecule has 2 N–H and O–H groups in total. The maximum atomic E-state index is 12.3. The molecule has 2 aromatic rings. The van der Waals surface area contributed by atoms with Gasteiger partial charge in [-0.15, -0.1) is 0 Å². The van der Waals surface area contributed by atoms with Crippen LogP contribution in [0.3, 0.4) is 0 Å². The van der Waals surface area contributed by atoms with Crippen molar-refractivity contribution in [2.75, 3.05) is 0 Å². The highest BCUT2D eigenvalue weighted by molar-refractivity contribution is 5.64. The van der Waals surface area contributed by atoms with Crippen molar-refractivity contribution in [1.29, 1.82) is 0 Å². The van der Waals surface area contributed by atoms with E-state index in [1.54, 1.807) is 4.68 Å². The summed E-state index contributed by atoms with van der Waals surface area (Å²) in [6.45, 7) is 9.10. The summed E-state index contributed by atoms with van der Waals surface area (Å²) in [6.07, 6.45) is 0. The highest BCUT2D eigenvalue weighted by atomic mass is 16.1. The van der Waals surface area contributed by atoms with Gasteiger partial charge in [-0.25, -0.2) is 4.68 Å². The average Bonchev–Trinajstić information content (AvgIpc) is 2.41.